The lowest BCUT2D eigenvalue weighted by molar-refractivity contribution is -0.585. The molecule has 0 aliphatic rings. The molecule has 2 aromatic heterocycles. The van der Waals surface area contributed by atoms with Crippen LogP contribution in [0, 0.1) is 5.21 Å². The third kappa shape index (κ3) is 2.33. The van der Waals surface area contributed by atoms with E-state index in [4.69, 9.17) is 4.74 Å². The molecule has 96 valence electrons. The van der Waals surface area contributed by atoms with Gasteiger partial charge in [-0.15, -0.1) is 9.83 Å². The van der Waals surface area contributed by atoms with Gasteiger partial charge in [0, 0.05) is 17.6 Å². The van der Waals surface area contributed by atoms with E-state index < -0.39 is 0 Å². The van der Waals surface area contributed by atoms with Crippen molar-refractivity contribution >= 4 is 10.9 Å². The number of para-hydroxylation sites is 1. The Morgan fingerprint density at radius 1 is 1.21 bits per heavy atom. The number of nitrogens with zero attached hydrogens (tertiary/aromatic N) is 4. The van der Waals surface area contributed by atoms with Gasteiger partial charge < -0.3 is 9.94 Å². The zero-order chi connectivity index (χ0) is 13.1. The fourth-order valence-electron chi connectivity index (χ4n) is 1.86. The van der Waals surface area contributed by atoms with Crippen LogP contribution in [-0.4, -0.2) is 21.6 Å². The molecular weight excluding hydrogens is 244 g/mol. The van der Waals surface area contributed by atoms with Crippen LogP contribution in [0.3, 0.4) is 0 Å². The van der Waals surface area contributed by atoms with Gasteiger partial charge in [0.2, 0.25) is 5.52 Å². The van der Waals surface area contributed by atoms with Crippen molar-refractivity contribution in [3.8, 4) is 5.88 Å². The Bertz CT molecular complexity index is 682. The van der Waals surface area contributed by atoms with Gasteiger partial charge in [0.05, 0.1) is 18.8 Å². The van der Waals surface area contributed by atoms with Crippen molar-refractivity contribution in [3.05, 3.63) is 54.0 Å². The van der Waals surface area contributed by atoms with Crippen LogP contribution < -0.4 is 9.47 Å². The van der Waals surface area contributed by atoms with Crippen LogP contribution in [0.1, 0.15) is 0 Å². The Balaban J connectivity index is 1.76. The van der Waals surface area contributed by atoms with Gasteiger partial charge in [-0.1, -0.05) is 17.3 Å². The average molecular weight is 256 g/mol. The Labute approximate surface area is 109 Å². The molecule has 0 amide bonds. The van der Waals surface area contributed by atoms with Crippen molar-refractivity contribution in [2.45, 2.75) is 6.54 Å². The predicted octanol–water partition coefficient (Wildman–Crippen LogP) is 1.14. The molecule has 19 heavy (non-hydrogen) atoms. The summed E-state index contributed by atoms with van der Waals surface area (Å²) in [7, 11) is 0. The maximum Gasteiger partial charge on any atom is 0.380 e. The maximum absolute atomic E-state index is 12.1. The molecule has 0 aliphatic heterocycles. The van der Waals surface area contributed by atoms with Crippen molar-refractivity contribution in [2.24, 2.45) is 0 Å². The van der Waals surface area contributed by atoms with Crippen molar-refractivity contribution in [3.63, 3.8) is 0 Å². The van der Waals surface area contributed by atoms with Crippen molar-refractivity contribution in [2.75, 3.05) is 6.61 Å². The standard InChI is InChI=1S/C13H12N4O2/c18-17-12-4-2-1-3-11(12)5-6-13(17)19-10-9-16-8-7-14-15-16/h1-8H,9-10H2. The fourth-order valence-corrected chi connectivity index (χ4v) is 1.86. The van der Waals surface area contributed by atoms with Crippen molar-refractivity contribution in [1.82, 2.24) is 15.0 Å². The normalized spacial score (nSPS) is 10.7. The van der Waals surface area contributed by atoms with Crippen LogP contribution in [-0.2, 0) is 6.54 Å². The molecule has 0 spiro atoms. The largest absolute Gasteiger partial charge is 0.616 e. The summed E-state index contributed by atoms with van der Waals surface area (Å²) in [5.74, 6) is 0.291. The molecular formula is C13H12N4O2. The summed E-state index contributed by atoms with van der Waals surface area (Å²) in [5, 5.41) is 20.5. The second kappa shape index (κ2) is 4.93. The van der Waals surface area contributed by atoms with E-state index in [0.717, 1.165) is 10.1 Å². The van der Waals surface area contributed by atoms with Crippen LogP contribution in [0.4, 0.5) is 0 Å². The highest BCUT2D eigenvalue weighted by Gasteiger charge is 2.10. The van der Waals surface area contributed by atoms with Gasteiger partial charge in [-0.2, -0.15) is 0 Å². The molecule has 2 heterocycles. The molecule has 0 saturated heterocycles. The Morgan fingerprint density at radius 3 is 2.95 bits per heavy atom. The first-order valence-electron chi connectivity index (χ1n) is 5.93. The van der Waals surface area contributed by atoms with Crippen LogP contribution in [0.5, 0.6) is 5.88 Å². The third-order valence-electron chi connectivity index (χ3n) is 2.80. The van der Waals surface area contributed by atoms with Gasteiger partial charge in [0.25, 0.3) is 0 Å². The Kier molecular flexibility index (Phi) is 2.97. The lowest BCUT2D eigenvalue weighted by atomic mass is 10.2. The number of fused-ring (bicyclic) bond motifs is 1. The first kappa shape index (κ1) is 11.5. The van der Waals surface area contributed by atoms with E-state index in [9.17, 15) is 5.21 Å². The Morgan fingerprint density at radius 2 is 2.11 bits per heavy atom. The van der Waals surface area contributed by atoms with Gasteiger partial charge in [-0.05, 0) is 12.1 Å². The third-order valence-corrected chi connectivity index (χ3v) is 2.80. The SMILES string of the molecule is [O-][n+]1c(OCCn2ccnn2)ccc2ccccc21. The second-order valence-electron chi connectivity index (χ2n) is 4.04. The molecule has 0 bridgehead atoms. The summed E-state index contributed by atoms with van der Waals surface area (Å²) in [6.07, 6.45) is 3.35. The van der Waals surface area contributed by atoms with E-state index in [2.05, 4.69) is 10.3 Å². The van der Waals surface area contributed by atoms with Gasteiger partial charge >= 0.3 is 5.88 Å². The zero-order valence-electron chi connectivity index (χ0n) is 10.1. The molecule has 3 rings (SSSR count). The lowest BCUT2D eigenvalue weighted by Gasteiger charge is -2.08. The number of hydrogen-bond acceptors (Lipinski definition) is 4. The molecule has 0 atom stereocenters. The summed E-state index contributed by atoms with van der Waals surface area (Å²) >= 11 is 0. The molecule has 1 aromatic carbocycles. The number of benzene rings is 1. The number of ether oxygens (including phenoxy) is 1. The minimum atomic E-state index is 0.291. The predicted molar refractivity (Wildman–Crippen MR) is 68.4 cm³/mol. The first-order valence-corrected chi connectivity index (χ1v) is 5.93. The van der Waals surface area contributed by atoms with Crippen LogP contribution in [0.25, 0.3) is 10.9 Å². The summed E-state index contributed by atoms with van der Waals surface area (Å²) < 4.78 is 7.93. The van der Waals surface area contributed by atoms with Gasteiger partial charge in [0.1, 0.15) is 6.61 Å². The van der Waals surface area contributed by atoms with E-state index in [1.807, 2.05) is 24.3 Å². The summed E-state index contributed by atoms with van der Waals surface area (Å²) in [6.45, 7) is 0.913. The van der Waals surface area contributed by atoms with Crippen molar-refractivity contribution in [1.29, 1.82) is 0 Å². The van der Waals surface area contributed by atoms with Crippen LogP contribution in [0.15, 0.2) is 48.8 Å². The first-order chi connectivity index (χ1) is 9.34. The number of hydrogen-bond donors (Lipinski definition) is 0. The minimum Gasteiger partial charge on any atom is -0.616 e. The van der Waals surface area contributed by atoms with Crippen LogP contribution >= 0.6 is 0 Å². The molecule has 0 aliphatic carbocycles. The maximum atomic E-state index is 12.1. The molecule has 0 unspecified atom stereocenters. The highest BCUT2D eigenvalue weighted by molar-refractivity contribution is 5.75. The number of rotatable bonds is 4. The molecule has 0 radical (unpaired) electrons. The smallest absolute Gasteiger partial charge is 0.380 e. The average Bonchev–Trinajstić information content (AvgIpc) is 2.95. The van der Waals surface area contributed by atoms with Crippen molar-refractivity contribution < 1.29 is 9.47 Å². The minimum absolute atomic E-state index is 0.291. The van der Waals surface area contributed by atoms with Gasteiger partial charge in [-0.25, -0.2) is 4.68 Å². The Hall–Kier alpha value is -2.63. The monoisotopic (exact) mass is 256 g/mol. The van der Waals surface area contributed by atoms with E-state index in [1.54, 1.807) is 29.2 Å². The van der Waals surface area contributed by atoms with E-state index in [-0.39, 0.29) is 0 Å². The van der Waals surface area contributed by atoms with E-state index >= 15 is 0 Å². The van der Waals surface area contributed by atoms with E-state index in [0.29, 0.717) is 24.5 Å². The molecule has 0 N–H and O–H groups in total. The zero-order valence-corrected chi connectivity index (χ0v) is 10.1. The summed E-state index contributed by atoms with van der Waals surface area (Å²) in [5.41, 5.74) is 0.598. The fraction of sp³-hybridized carbons (Fsp3) is 0.154. The summed E-state index contributed by atoms with van der Waals surface area (Å²) in [6, 6.07) is 10.9. The molecule has 3 aromatic rings. The number of aromatic nitrogens is 4. The second-order valence-corrected chi connectivity index (χ2v) is 4.04. The van der Waals surface area contributed by atoms with E-state index in [1.165, 1.54) is 0 Å². The molecule has 0 saturated carbocycles. The molecule has 6 nitrogen and oxygen atoms in total. The summed E-state index contributed by atoms with van der Waals surface area (Å²) in [4.78, 5) is 0. The topological polar surface area (TPSA) is 66.9 Å². The van der Waals surface area contributed by atoms with Gasteiger partial charge in [-0.3, -0.25) is 0 Å². The highest BCUT2D eigenvalue weighted by Crippen LogP contribution is 2.13. The number of pyridine rings is 1. The quantitative estimate of drug-likeness (QED) is 0.518. The lowest BCUT2D eigenvalue weighted by Crippen LogP contribution is -2.30. The van der Waals surface area contributed by atoms with Gasteiger partial charge in [0.15, 0.2) is 0 Å². The highest BCUT2D eigenvalue weighted by atomic mass is 16.5. The molecule has 6 heteroatoms. The molecule has 0 fully saturated rings. The van der Waals surface area contributed by atoms with Crippen LogP contribution in [0.2, 0.25) is 0 Å².